The van der Waals surface area contributed by atoms with E-state index in [4.69, 9.17) is 0 Å². The molecule has 1 aromatic carbocycles. The predicted octanol–water partition coefficient (Wildman–Crippen LogP) is 2.78. The van der Waals surface area contributed by atoms with Crippen molar-refractivity contribution in [3.8, 4) is 0 Å². The van der Waals surface area contributed by atoms with Crippen molar-refractivity contribution in [2.75, 3.05) is 6.54 Å². The van der Waals surface area contributed by atoms with Crippen LogP contribution in [-0.4, -0.2) is 12.5 Å². The number of carbonyl (C=O) groups is 1. The fourth-order valence-corrected chi connectivity index (χ4v) is 1.51. The number of aryl methyl sites for hydroxylation is 1. The molecule has 0 fully saturated rings. The minimum Gasteiger partial charge on any atom is -0.356 e. The lowest BCUT2D eigenvalue weighted by Gasteiger charge is -2.09. The van der Waals surface area contributed by atoms with Gasteiger partial charge in [0.1, 0.15) is 0 Å². The van der Waals surface area contributed by atoms with E-state index in [1.807, 2.05) is 32.0 Å². The Kier molecular flexibility index (Phi) is 5.62. The second-order valence-electron chi connectivity index (χ2n) is 4.19. The largest absolute Gasteiger partial charge is 0.356 e. The SMILES string of the molecule is CCC(C)C(=O)NCCCc1ccccc1. The molecule has 1 atom stereocenters. The number of benzene rings is 1. The molecule has 2 heteroatoms. The van der Waals surface area contributed by atoms with E-state index in [2.05, 4.69) is 17.4 Å². The Morgan fingerprint density at radius 3 is 2.62 bits per heavy atom. The first-order valence-electron chi connectivity index (χ1n) is 6.05. The van der Waals surface area contributed by atoms with Gasteiger partial charge in [-0.1, -0.05) is 44.2 Å². The highest BCUT2D eigenvalue weighted by atomic mass is 16.1. The molecule has 0 aromatic heterocycles. The van der Waals surface area contributed by atoms with E-state index in [1.165, 1.54) is 5.56 Å². The van der Waals surface area contributed by atoms with Gasteiger partial charge in [-0.25, -0.2) is 0 Å². The van der Waals surface area contributed by atoms with Gasteiger partial charge in [0.25, 0.3) is 0 Å². The van der Waals surface area contributed by atoms with Crippen molar-refractivity contribution >= 4 is 5.91 Å². The Labute approximate surface area is 98.1 Å². The number of amides is 1. The van der Waals surface area contributed by atoms with Crippen molar-refractivity contribution in [2.24, 2.45) is 5.92 Å². The molecule has 1 amide bonds. The molecule has 1 unspecified atom stereocenters. The molecule has 0 aliphatic carbocycles. The maximum absolute atomic E-state index is 11.5. The summed E-state index contributed by atoms with van der Waals surface area (Å²) in [6, 6.07) is 10.4. The Morgan fingerprint density at radius 1 is 1.31 bits per heavy atom. The number of hydrogen-bond donors (Lipinski definition) is 1. The molecule has 1 N–H and O–H groups in total. The quantitative estimate of drug-likeness (QED) is 0.732. The third-order valence-electron chi connectivity index (χ3n) is 2.84. The van der Waals surface area contributed by atoms with E-state index in [0.717, 1.165) is 25.8 Å². The molecule has 0 aliphatic heterocycles. The van der Waals surface area contributed by atoms with Gasteiger partial charge in [-0.2, -0.15) is 0 Å². The normalized spacial score (nSPS) is 12.1. The van der Waals surface area contributed by atoms with Crippen LogP contribution in [0.2, 0.25) is 0 Å². The van der Waals surface area contributed by atoms with Crippen molar-refractivity contribution in [3.05, 3.63) is 35.9 Å². The van der Waals surface area contributed by atoms with Gasteiger partial charge >= 0.3 is 0 Å². The summed E-state index contributed by atoms with van der Waals surface area (Å²) in [4.78, 5) is 11.5. The minimum absolute atomic E-state index is 0.136. The van der Waals surface area contributed by atoms with E-state index in [9.17, 15) is 4.79 Å². The Bertz CT molecular complexity index is 308. The minimum atomic E-state index is 0.136. The lowest BCUT2D eigenvalue weighted by atomic mass is 10.1. The standard InChI is InChI=1S/C14H21NO/c1-3-12(2)14(16)15-11-7-10-13-8-5-4-6-9-13/h4-6,8-9,12H,3,7,10-11H2,1-2H3,(H,15,16). The van der Waals surface area contributed by atoms with Crippen molar-refractivity contribution in [1.29, 1.82) is 0 Å². The fraction of sp³-hybridized carbons (Fsp3) is 0.500. The molecule has 0 saturated heterocycles. The van der Waals surface area contributed by atoms with Crippen LogP contribution in [0.5, 0.6) is 0 Å². The average Bonchev–Trinajstić information content (AvgIpc) is 2.34. The van der Waals surface area contributed by atoms with Gasteiger partial charge in [0.05, 0.1) is 0 Å². The van der Waals surface area contributed by atoms with Crippen LogP contribution in [0.1, 0.15) is 32.3 Å². The Balaban J connectivity index is 2.15. The van der Waals surface area contributed by atoms with Gasteiger partial charge < -0.3 is 5.32 Å². The summed E-state index contributed by atoms with van der Waals surface area (Å²) in [6.45, 7) is 4.78. The van der Waals surface area contributed by atoms with Crippen molar-refractivity contribution in [2.45, 2.75) is 33.1 Å². The number of rotatable bonds is 6. The lowest BCUT2D eigenvalue weighted by Crippen LogP contribution is -2.29. The summed E-state index contributed by atoms with van der Waals surface area (Å²) in [5.41, 5.74) is 1.33. The molecule has 0 bridgehead atoms. The fourth-order valence-electron chi connectivity index (χ4n) is 1.51. The summed E-state index contributed by atoms with van der Waals surface area (Å²) in [5, 5.41) is 2.96. The van der Waals surface area contributed by atoms with Crippen LogP contribution in [-0.2, 0) is 11.2 Å². The Hall–Kier alpha value is -1.31. The van der Waals surface area contributed by atoms with Gasteiger partial charge in [0.2, 0.25) is 5.91 Å². The Morgan fingerprint density at radius 2 is 2.00 bits per heavy atom. The topological polar surface area (TPSA) is 29.1 Å². The lowest BCUT2D eigenvalue weighted by molar-refractivity contribution is -0.124. The number of hydrogen-bond acceptors (Lipinski definition) is 1. The molecular formula is C14H21NO. The maximum Gasteiger partial charge on any atom is 0.222 e. The predicted molar refractivity (Wildman–Crippen MR) is 67.2 cm³/mol. The third-order valence-corrected chi connectivity index (χ3v) is 2.84. The zero-order valence-electron chi connectivity index (χ0n) is 10.2. The summed E-state index contributed by atoms with van der Waals surface area (Å²) in [5.74, 6) is 0.312. The summed E-state index contributed by atoms with van der Waals surface area (Å²) in [7, 11) is 0. The maximum atomic E-state index is 11.5. The highest BCUT2D eigenvalue weighted by Gasteiger charge is 2.08. The monoisotopic (exact) mass is 219 g/mol. The van der Waals surface area contributed by atoms with Gasteiger partial charge in [-0.15, -0.1) is 0 Å². The van der Waals surface area contributed by atoms with Crippen LogP contribution in [0.4, 0.5) is 0 Å². The summed E-state index contributed by atoms with van der Waals surface area (Å²) in [6.07, 6.45) is 2.94. The van der Waals surface area contributed by atoms with E-state index >= 15 is 0 Å². The number of carbonyl (C=O) groups excluding carboxylic acids is 1. The molecule has 1 aromatic rings. The molecular weight excluding hydrogens is 198 g/mol. The first kappa shape index (κ1) is 12.8. The summed E-state index contributed by atoms with van der Waals surface area (Å²) >= 11 is 0. The van der Waals surface area contributed by atoms with Crippen molar-refractivity contribution < 1.29 is 4.79 Å². The molecule has 0 heterocycles. The second-order valence-corrected chi connectivity index (χ2v) is 4.19. The zero-order chi connectivity index (χ0) is 11.8. The van der Waals surface area contributed by atoms with E-state index in [1.54, 1.807) is 0 Å². The molecule has 88 valence electrons. The molecule has 1 rings (SSSR count). The average molecular weight is 219 g/mol. The van der Waals surface area contributed by atoms with Crippen LogP contribution < -0.4 is 5.32 Å². The highest BCUT2D eigenvalue weighted by molar-refractivity contribution is 5.78. The van der Waals surface area contributed by atoms with Crippen LogP contribution >= 0.6 is 0 Å². The van der Waals surface area contributed by atoms with Gasteiger partial charge in [0, 0.05) is 12.5 Å². The molecule has 2 nitrogen and oxygen atoms in total. The van der Waals surface area contributed by atoms with Crippen molar-refractivity contribution in [3.63, 3.8) is 0 Å². The molecule has 0 radical (unpaired) electrons. The molecule has 0 saturated carbocycles. The van der Waals surface area contributed by atoms with Crippen LogP contribution in [0.3, 0.4) is 0 Å². The van der Waals surface area contributed by atoms with Gasteiger partial charge in [-0.05, 0) is 24.8 Å². The smallest absolute Gasteiger partial charge is 0.222 e. The van der Waals surface area contributed by atoms with E-state index < -0.39 is 0 Å². The highest BCUT2D eigenvalue weighted by Crippen LogP contribution is 2.02. The van der Waals surface area contributed by atoms with E-state index in [0.29, 0.717) is 0 Å². The zero-order valence-corrected chi connectivity index (χ0v) is 10.2. The summed E-state index contributed by atoms with van der Waals surface area (Å²) < 4.78 is 0. The van der Waals surface area contributed by atoms with Gasteiger partial charge in [-0.3, -0.25) is 4.79 Å². The van der Waals surface area contributed by atoms with Crippen LogP contribution in [0.25, 0.3) is 0 Å². The van der Waals surface area contributed by atoms with Crippen molar-refractivity contribution in [1.82, 2.24) is 5.32 Å². The molecule has 0 aliphatic rings. The van der Waals surface area contributed by atoms with Crippen LogP contribution in [0, 0.1) is 5.92 Å². The molecule has 16 heavy (non-hydrogen) atoms. The first-order chi connectivity index (χ1) is 7.74. The van der Waals surface area contributed by atoms with E-state index in [-0.39, 0.29) is 11.8 Å². The molecule has 0 spiro atoms. The third kappa shape index (κ3) is 4.47. The number of nitrogens with one attached hydrogen (secondary N) is 1. The second kappa shape index (κ2) is 7.04. The van der Waals surface area contributed by atoms with Gasteiger partial charge in [0.15, 0.2) is 0 Å². The van der Waals surface area contributed by atoms with Crippen LogP contribution in [0.15, 0.2) is 30.3 Å². The first-order valence-corrected chi connectivity index (χ1v) is 6.05.